The number of carboxylic acid groups (broad SMARTS) is 1. The second-order valence-electron chi connectivity index (χ2n) is 10.7. The summed E-state index contributed by atoms with van der Waals surface area (Å²) in [7, 11) is 0. The molecule has 0 aliphatic carbocycles. The second-order valence-corrected chi connectivity index (χ2v) is 10.7. The molecule has 1 fully saturated rings. The third kappa shape index (κ3) is 6.86. The SMILES string of the molecule is Cc1c(-c2ccc(F)c(Oc3ccccc3)c2)c(C/C=C(\O)CC(O)CC(=O)O)c(C(C)C)n1N1CCCCC1. The van der Waals surface area contributed by atoms with Gasteiger partial charge in [0.2, 0.25) is 0 Å². The molecule has 0 saturated carbocycles. The minimum Gasteiger partial charge on any atom is -0.513 e. The zero-order valence-electron chi connectivity index (χ0n) is 23.4. The van der Waals surface area contributed by atoms with Gasteiger partial charge in [0.25, 0.3) is 0 Å². The first-order valence-electron chi connectivity index (χ1n) is 14.0. The summed E-state index contributed by atoms with van der Waals surface area (Å²) in [6.45, 7) is 8.21. The molecule has 1 unspecified atom stereocenters. The number of nitrogens with zero attached hydrogens (tertiary/aromatic N) is 2. The summed E-state index contributed by atoms with van der Waals surface area (Å²) in [5, 5.41) is 31.9. The predicted molar refractivity (Wildman–Crippen MR) is 154 cm³/mol. The van der Waals surface area contributed by atoms with E-state index < -0.39 is 24.3 Å². The second kappa shape index (κ2) is 13.0. The fraction of sp³-hybridized carbons (Fsp3) is 0.406. The first-order valence-corrected chi connectivity index (χ1v) is 14.0. The lowest BCUT2D eigenvalue weighted by atomic mass is 9.94. The molecule has 1 aromatic heterocycles. The van der Waals surface area contributed by atoms with Crippen molar-refractivity contribution in [2.24, 2.45) is 0 Å². The fourth-order valence-corrected chi connectivity index (χ4v) is 5.56. The lowest BCUT2D eigenvalue weighted by Gasteiger charge is -2.34. The molecule has 4 rings (SSSR count). The van der Waals surface area contributed by atoms with Crippen molar-refractivity contribution in [1.82, 2.24) is 4.68 Å². The van der Waals surface area contributed by atoms with Crippen molar-refractivity contribution < 1.29 is 29.2 Å². The van der Waals surface area contributed by atoms with E-state index in [0.717, 1.165) is 54.0 Å². The number of carbonyl (C=O) groups is 1. The van der Waals surface area contributed by atoms with Crippen molar-refractivity contribution in [1.29, 1.82) is 0 Å². The van der Waals surface area contributed by atoms with Gasteiger partial charge in [-0.2, -0.15) is 0 Å². The smallest absolute Gasteiger partial charge is 0.305 e. The van der Waals surface area contributed by atoms with Crippen LogP contribution in [0.1, 0.15) is 68.8 Å². The number of carboxylic acids is 1. The summed E-state index contributed by atoms with van der Waals surface area (Å²) < 4.78 is 23.1. The molecule has 1 atom stereocenters. The van der Waals surface area contributed by atoms with Crippen molar-refractivity contribution in [3.63, 3.8) is 0 Å². The van der Waals surface area contributed by atoms with Crippen molar-refractivity contribution >= 4 is 5.97 Å². The van der Waals surface area contributed by atoms with Crippen molar-refractivity contribution in [2.45, 2.75) is 71.3 Å². The Morgan fingerprint density at radius 2 is 1.75 bits per heavy atom. The van der Waals surface area contributed by atoms with Gasteiger partial charge >= 0.3 is 5.97 Å². The van der Waals surface area contributed by atoms with Crippen molar-refractivity contribution in [3.05, 3.63) is 83.1 Å². The quantitative estimate of drug-likeness (QED) is 0.226. The summed E-state index contributed by atoms with van der Waals surface area (Å²) in [4.78, 5) is 10.9. The Bertz CT molecular complexity index is 1340. The zero-order valence-corrected chi connectivity index (χ0v) is 23.4. The van der Waals surface area contributed by atoms with E-state index in [-0.39, 0.29) is 23.8 Å². The molecule has 0 bridgehead atoms. The number of hydrogen-bond acceptors (Lipinski definition) is 5. The number of ether oxygens (including phenoxy) is 1. The molecule has 1 aliphatic heterocycles. The van der Waals surface area contributed by atoms with Gasteiger partial charge in [-0.15, -0.1) is 0 Å². The Balaban J connectivity index is 1.80. The lowest BCUT2D eigenvalue weighted by Crippen LogP contribution is -2.41. The number of aliphatic hydroxyl groups excluding tert-OH is 2. The highest BCUT2D eigenvalue weighted by Gasteiger charge is 2.27. The van der Waals surface area contributed by atoms with Crippen LogP contribution < -0.4 is 9.75 Å². The minimum atomic E-state index is -1.17. The van der Waals surface area contributed by atoms with Crippen molar-refractivity contribution in [3.8, 4) is 22.6 Å². The van der Waals surface area contributed by atoms with Crippen LogP contribution in [0.4, 0.5) is 4.39 Å². The Morgan fingerprint density at radius 3 is 2.40 bits per heavy atom. The van der Waals surface area contributed by atoms with E-state index in [0.29, 0.717) is 12.2 Å². The van der Waals surface area contributed by atoms with E-state index in [9.17, 15) is 19.4 Å². The first-order chi connectivity index (χ1) is 19.2. The van der Waals surface area contributed by atoms with E-state index >= 15 is 0 Å². The lowest BCUT2D eigenvalue weighted by molar-refractivity contribution is -0.139. The molecule has 8 heteroatoms. The van der Waals surface area contributed by atoms with Gasteiger partial charge in [-0.1, -0.05) is 38.1 Å². The number of para-hydroxylation sites is 1. The molecular formula is C32H39FN2O5. The van der Waals surface area contributed by atoms with E-state index in [1.54, 1.807) is 30.3 Å². The molecule has 1 aliphatic rings. The molecule has 1 saturated heterocycles. The summed E-state index contributed by atoms with van der Waals surface area (Å²) >= 11 is 0. The highest BCUT2D eigenvalue weighted by Crippen LogP contribution is 2.39. The van der Waals surface area contributed by atoms with Crippen LogP contribution in [0.5, 0.6) is 11.5 Å². The Kier molecular flexibility index (Phi) is 9.53. The number of aliphatic carboxylic acids is 1. The Hall–Kier alpha value is -3.78. The van der Waals surface area contributed by atoms with Crippen LogP contribution in [0.15, 0.2) is 60.4 Å². The van der Waals surface area contributed by atoms with E-state index in [2.05, 4.69) is 30.5 Å². The Labute approximate surface area is 235 Å². The molecule has 214 valence electrons. The summed E-state index contributed by atoms with van der Waals surface area (Å²) in [5.74, 6) is -0.832. The summed E-state index contributed by atoms with van der Waals surface area (Å²) in [6.07, 6.45) is 3.65. The van der Waals surface area contributed by atoms with Gasteiger partial charge in [0.1, 0.15) is 5.75 Å². The van der Waals surface area contributed by atoms with Crippen LogP contribution in [0.25, 0.3) is 11.1 Å². The number of piperidine rings is 1. The van der Waals surface area contributed by atoms with Crippen LogP contribution in [0.2, 0.25) is 0 Å². The van der Waals surface area contributed by atoms with Crippen LogP contribution in [0, 0.1) is 12.7 Å². The monoisotopic (exact) mass is 550 g/mol. The van der Waals surface area contributed by atoms with Crippen LogP contribution in [0.3, 0.4) is 0 Å². The van der Waals surface area contributed by atoms with Crippen LogP contribution in [-0.4, -0.2) is 45.2 Å². The standard InChI is InChI=1S/C32H39FN2O5/c1-21(2)32-27(14-13-24(36)19-25(37)20-30(38)39)31(22(3)35(32)34-16-8-5-9-17-34)23-12-15-28(33)29(18-23)40-26-10-6-4-7-11-26/h4,6-7,10-13,15,18,21,25,36-37H,5,8-9,14,16-17,19-20H2,1-3H3,(H,38,39)/b24-13-. The molecular weight excluding hydrogens is 511 g/mol. The minimum absolute atomic E-state index is 0.0648. The molecule has 2 heterocycles. The molecule has 3 aromatic rings. The van der Waals surface area contributed by atoms with E-state index in [1.165, 1.54) is 12.5 Å². The maximum Gasteiger partial charge on any atom is 0.305 e. The number of benzene rings is 2. The van der Waals surface area contributed by atoms with Crippen LogP contribution >= 0.6 is 0 Å². The number of allylic oxidation sites excluding steroid dienone is 1. The van der Waals surface area contributed by atoms with Crippen molar-refractivity contribution in [2.75, 3.05) is 18.1 Å². The zero-order chi connectivity index (χ0) is 28.8. The fourth-order valence-electron chi connectivity index (χ4n) is 5.56. The molecule has 3 N–H and O–H groups in total. The molecule has 40 heavy (non-hydrogen) atoms. The normalized spacial score (nSPS) is 14.9. The number of rotatable bonds is 11. The Morgan fingerprint density at radius 1 is 1.05 bits per heavy atom. The van der Waals surface area contributed by atoms with E-state index in [4.69, 9.17) is 9.84 Å². The van der Waals surface area contributed by atoms with Gasteiger partial charge in [0.05, 0.1) is 18.3 Å². The van der Waals surface area contributed by atoms with Gasteiger partial charge in [0, 0.05) is 36.5 Å². The highest BCUT2D eigenvalue weighted by molar-refractivity contribution is 5.74. The first kappa shape index (κ1) is 29.2. The molecule has 0 radical (unpaired) electrons. The van der Waals surface area contributed by atoms with Crippen LogP contribution in [-0.2, 0) is 11.2 Å². The molecule has 0 spiro atoms. The molecule has 7 nitrogen and oxygen atoms in total. The third-order valence-corrected chi connectivity index (χ3v) is 7.27. The maximum absolute atomic E-state index is 14.9. The van der Waals surface area contributed by atoms with E-state index in [1.807, 2.05) is 18.2 Å². The van der Waals surface area contributed by atoms with Gasteiger partial charge < -0.3 is 25.1 Å². The number of halogens is 1. The average Bonchev–Trinajstić information content (AvgIpc) is 3.21. The molecule has 2 aromatic carbocycles. The topological polar surface area (TPSA) is 95.2 Å². The van der Waals surface area contributed by atoms with Gasteiger partial charge in [-0.3, -0.25) is 9.47 Å². The predicted octanol–water partition coefficient (Wildman–Crippen LogP) is 6.85. The summed E-state index contributed by atoms with van der Waals surface area (Å²) in [5.41, 5.74) is 4.88. The number of hydrogen-bond donors (Lipinski definition) is 3. The number of aromatic nitrogens is 1. The van der Waals surface area contributed by atoms with Gasteiger partial charge in [-0.05, 0) is 80.0 Å². The number of aliphatic hydroxyl groups is 2. The van der Waals surface area contributed by atoms with Gasteiger partial charge in [-0.25, -0.2) is 4.39 Å². The summed E-state index contributed by atoms with van der Waals surface area (Å²) in [6, 6.07) is 14.0. The van der Waals surface area contributed by atoms with Gasteiger partial charge in [0.15, 0.2) is 11.6 Å². The molecule has 0 amide bonds. The maximum atomic E-state index is 14.9. The highest BCUT2D eigenvalue weighted by atomic mass is 19.1. The third-order valence-electron chi connectivity index (χ3n) is 7.27. The average molecular weight is 551 g/mol. The largest absolute Gasteiger partial charge is 0.513 e.